The summed E-state index contributed by atoms with van der Waals surface area (Å²) in [6, 6.07) is 3.64. The number of fused-ring (bicyclic) bond motifs is 1. The van der Waals surface area contributed by atoms with Gasteiger partial charge < -0.3 is 16.4 Å². The molecule has 19 heavy (non-hydrogen) atoms. The maximum absolute atomic E-state index is 12.0. The van der Waals surface area contributed by atoms with Crippen LogP contribution in [0, 0.1) is 0 Å². The molecule has 0 aliphatic rings. The Labute approximate surface area is 114 Å². The van der Waals surface area contributed by atoms with Crippen LogP contribution < -0.4 is 16.4 Å². The van der Waals surface area contributed by atoms with Gasteiger partial charge in [0.25, 0.3) is 5.91 Å². The number of pyridine rings is 1. The Hall–Kier alpha value is -2.15. The number of carbonyl (C=O) groups excluding carboxylic acids is 2. The second-order valence-corrected chi connectivity index (χ2v) is 4.88. The molecule has 0 atom stereocenters. The Kier molecular flexibility index (Phi) is 3.96. The van der Waals surface area contributed by atoms with Crippen LogP contribution in [0.1, 0.15) is 16.6 Å². The second kappa shape index (κ2) is 5.66. The number of hydrogen-bond donors (Lipinski definition) is 3. The van der Waals surface area contributed by atoms with E-state index < -0.39 is 0 Å². The predicted molar refractivity (Wildman–Crippen MR) is 75.0 cm³/mol. The first-order chi connectivity index (χ1) is 9.13. The number of rotatable bonds is 4. The van der Waals surface area contributed by atoms with Crippen LogP contribution in [0.3, 0.4) is 0 Å². The largest absolute Gasteiger partial charge is 0.396 e. The fourth-order valence-corrected chi connectivity index (χ4v) is 2.61. The van der Waals surface area contributed by atoms with Crippen molar-refractivity contribution >= 4 is 39.1 Å². The smallest absolute Gasteiger partial charge is 0.264 e. The van der Waals surface area contributed by atoms with Crippen LogP contribution in [0.25, 0.3) is 10.2 Å². The van der Waals surface area contributed by atoms with Gasteiger partial charge in [-0.2, -0.15) is 0 Å². The normalized spacial score (nSPS) is 10.4. The first kappa shape index (κ1) is 13.3. The highest BCUT2D eigenvalue weighted by molar-refractivity contribution is 7.21. The molecule has 0 radical (unpaired) electrons. The molecular formula is C12H14N4O2S. The SMILES string of the molecule is CCNC(=O)CNC(=O)c1sc2cccnc2c1N. The number of nitrogens with two attached hydrogens (primary N) is 1. The summed E-state index contributed by atoms with van der Waals surface area (Å²) < 4.78 is 0.850. The number of nitrogens with zero attached hydrogens (tertiary/aromatic N) is 1. The van der Waals surface area contributed by atoms with Crippen molar-refractivity contribution in [2.24, 2.45) is 0 Å². The van der Waals surface area contributed by atoms with E-state index in [1.807, 2.05) is 13.0 Å². The Balaban J connectivity index is 2.13. The topological polar surface area (TPSA) is 97.1 Å². The molecule has 0 bridgehead atoms. The number of hydrogen-bond acceptors (Lipinski definition) is 5. The molecule has 7 heteroatoms. The molecule has 100 valence electrons. The number of amides is 2. The maximum atomic E-state index is 12.0. The standard InChI is InChI=1S/C12H14N4O2S/c1-2-14-8(17)6-16-12(18)11-9(13)10-7(19-11)4-3-5-15-10/h3-5H,2,6,13H2,1H3,(H,14,17)(H,16,18). The van der Waals surface area contributed by atoms with E-state index in [9.17, 15) is 9.59 Å². The number of carbonyl (C=O) groups is 2. The summed E-state index contributed by atoms with van der Waals surface area (Å²) in [5.41, 5.74) is 6.87. The molecule has 0 aliphatic heterocycles. The lowest BCUT2D eigenvalue weighted by molar-refractivity contribution is -0.120. The molecule has 2 aromatic heterocycles. The lowest BCUT2D eigenvalue weighted by Gasteiger charge is -2.04. The lowest BCUT2D eigenvalue weighted by atomic mass is 10.3. The van der Waals surface area contributed by atoms with Crippen LogP contribution in [-0.4, -0.2) is 29.9 Å². The van der Waals surface area contributed by atoms with E-state index in [2.05, 4.69) is 15.6 Å². The third-order valence-electron chi connectivity index (χ3n) is 2.47. The zero-order chi connectivity index (χ0) is 13.8. The van der Waals surface area contributed by atoms with Crippen molar-refractivity contribution in [3.8, 4) is 0 Å². The van der Waals surface area contributed by atoms with E-state index in [1.165, 1.54) is 11.3 Å². The Morgan fingerprint density at radius 1 is 1.42 bits per heavy atom. The van der Waals surface area contributed by atoms with Gasteiger partial charge in [0.1, 0.15) is 10.4 Å². The molecule has 0 saturated carbocycles. The number of anilines is 1. The predicted octanol–water partition coefficient (Wildman–Crippen LogP) is 0.744. The van der Waals surface area contributed by atoms with Crippen LogP contribution in [-0.2, 0) is 4.79 Å². The van der Waals surface area contributed by atoms with E-state index in [0.717, 1.165) is 4.70 Å². The van der Waals surface area contributed by atoms with Gasteiger partial charge in [-0.3, -0.25) is 14.6 Å². The molecule has 0 fully saturated rings. The van der Waals surface area contributed by atoms with Gasteiger partial charge in [0.15, 0.2) is 0 Å². The third-order valence-corrected chi connectivity index (χ3v) is 3.63. The molecule has 2 rings (SSSR count). The van der Waals surface area contributed by atoms with Crippen LogP contribution >= 0.6 is 11.3 Å². The summed E-state index contributed by atoms with van der Waals surface area (Å²) in [5, 5.41) is 5.14. The molecule has 0 aromatic carbocycles. The summed E-state index contributed by atoms with van der Waals surface area (Å²) in [6.45, 7) is 2.28. The van der Waals surface area contributed by atoms with Crippen molar-refractivity contribution in [2.75, 3.05) is 18.8 Å². The minimum absolute atomic E-state index is 0.0617. The van der Waals surface area contributed by atoms with Gasteiger partial charge in [0.05, 0.1) is 16.9 Å². The zero-order valence-corrected chi connectivity index (χ0v) is 11.2. The van der Waals surface area contributed by atoms with Crippen LogP contribution in [0.2, 0.25) is 0 Å². The second-order valence-electron chi connectivity index (χ2n) is 3.83. The van der Waals surface area contributed by atoms with Crippen LogP contribution in [0.5, 0.6) is 0 Å². The van der Waals surface area contributed by atoms with E-state index in [0.29, 0.717) is 22.6 Å². The van der Waals surface area contributed by atoms with Gasteiger partial charge >= 0.3 is 0 Å². The first-order valence-corrected chi connectivity index (χ1v) is 6.63. The van der Waals surface area contributed by atoms with Gasteiger partial charge in [-0.1, -0.05) is 0 Å². The molecular weight excluding hydrogens is 264 g/mol. The van der Waals surface area contributed by atoms with Gasteiger partial charge in [-0.15, -0.1) is 11.3 Å². The number of nitrogens with one attached hydrogen (secondary N) is 2. The highest BCUT2D eigenvalue weighted by atomic mass is 32.1. The quantitative estimate of drug-likeness (QED) is 0.768. The zero-order valence-electron chi connectivity index (χ0n) is 10.4. The molecule has 6 nitrogen and oxygen atoms in total. The summed E-state index contributed by atoms with van der Waals surface area (Å²) in [5.74, 6) is -0.583. The Morgan fingerprint density at radius 2 is 2.21 bits per heavy atom. The van der Waals surface area contributed by atoms with Gasteiger partial charge in [0, 0.05) is 12.7 Å². The van der Waals surface area contributed by atoms with Gasteiger partial charge in [-0.25, -0.2) is 0 Å². The highest BCUT2D eigenvalue weighted by Crippen LogP contribution is 2.31. The molecule has 0 spiro atoms. The Bertz CT molecular complexity index is 623. The van der Waals surface area contributed by atoms with Crippen molar-refractivity contribution in [1.29, 1.82) is 0 Å². The fraction of sp³-hybridized carbons (Fsp3) is 0.250. The average molecular weight is 278 g/mol. The van der Waals surface area contributed by atoms with Crippen molar-refractivity contribution < 1.29 is 9.59 Å². The maximum Gasteiger partial charge on any atom is 0.264 e. The van der Waals surface area contributed by atoms with E-state index in [-0.39, 0.29) is 18.4 Å². The fourth-order valence-electron chi connectivity index (χ4n) is 1.62. The van der Waals surface area contributed by atoms with Crippen molar-refractivity contribution in [1.82, 2.24) is 15.6 Å². The molecule has 0 aliphatic carbocycles. The highest BCUT2D eigenvalue weighted by Gasteiger charge is 2.17. The average Bonchev–Trinajstić information content (AvgIpc) is 2.74. The first-order valence-electron chi connectivity index (χ1n) is 5.81. The van der Waals surface area contributed by atoms with Crippen molar-refractivity contribution in [2.45, 2.75) is 6.92 Å². The van der Waals surface area contributed by atoms with E-state index in [1.54, 1.807) is 12.3 Å². The van der Waals surface area contributed by atoms with Crippen molar-refractivity contribution in [3.63, 3.8) is 0 Å². The van der Waals surface area contributed by atoms with Crippen molar-refractivity contribution in [3.05, 3.63) is 23.2 Å². The van der Waals surface area contributed by atoms with E-state index in [4.69, 9.17) is 5.73 Å². The van der Waals surface area contributed by atoms with Crippen LogP contribution in [0.4, 0.5) is 5.69 Å². The van der Waals surface area contributed by atoms with Gasteiger partial charge in [0.2, 0.25) is 5.91 Å². The molecule has 0 saturated heterocycles. The molecule has 0 unspecified atom stereocenters. The number of aromatic nitrogens is 1. The summed E-state index contributed by atoms with van der Waals surface area (Å²) >= 11 is 1.27. The molecule has 4 N–H and O–H groups in total. The minimum atomic E-state index is -0.355. The third kappa shape index (κ3) is 2.82. The number of nitrogen functional groups attached to an aromatic ring is 1. The molecule has 2 aromatic rings. The summed E-state index contributed by atoms with van der Waals surface area (Å²) in [4.78, 5) is 27.7. The van der Waals surface area contributed by atoms with E-state index >= 15 is 0 Å². The lowest BCUT2D eigenvalue weighted by Crippen LogP contribution is -2.36. The number of thiophene rings is 1. The summed E-state index contributed by atoms with van der Waals surface area (Å²) in [7, 11) is 0. The molecule has 2 amide bonds. The minimum Gasteiger partial charge on any atom is -0.396 e. The Morgan fingerprint density at radius 3 is 2.89 bits per heavy atom. The van der Waals surface area contributed by atoms with Crippen LogP contribution in [0.15, 0.2) is 18.3 Å². The molecule has 2 heterocycles. The van der Waals surface area contributed by atoms with Gasteiger partial charge in [-0.05, 0) is 19.1 Å². The summed E-state index contributed by atoms with van der Waals surface area (Å²) in [6.07, 6.45) is 1.63. The monoisotopic (exact) mass is 278 g/mol. The number of likely N-dealkylation sites (N-methyl/N-ethyl adjacent to an activating group) is 1.